The number of fused-ring (bicyclic) bond motifs is 1. The zero-order valence-electron chi connectivity index (χ0n) is 13.5. The molecule has 23 heavy (non-hydrogen) atoms. The highest BCUT2D eigenvalue weighted by Crippen LogP contribution is 2.30. The minimum absolute atomic E-state index is 0.0174. The third-order valence-corrected chi connectivity index (χ3v) is 4.28. The minimum atomic E-state index is -0.549. The Morgan fingerprint density at radius 1 is 0.870 bits per heavy atom. The molecule has 1 aliphatic carbocycles. The second-order valence-corrected chi connectivity index (χ2v) is 5.98. The van der Waals surface area contributed by atoms with Crippen molar-refractivity contribution in [3.05, 3.63) is 53.6 Å². The Morgan fingerprint density at radius 2 is 1.48 bits per heavy atom. The summed E-state index contributed by atoms with van der Waals surface area (Å²) in [6.45, 7) is 3.71. The number of hydrogen-bond acceptors (Lipinski definition) is 3. The van der Waals surface area contributed by atoms with Gasteiger partial charge in [-0.25, -0.2) is 0 Å². The number of benzene rings is 1. The summed E-state index contributed by atoms with van der Waals surface area (Å²) in [6.07, 6.45) is 9.98. The van der Waals surface area contributed by atoms with Crippen LogP contribution in [0.4, 0.5) is 0 Å². The summed E-state index contributed by atoms with van der Waals surface area (Å²) in [5.41, 5.74) is 1.07. The fourth-order valence-electron chi connectivity index (χ4n) is 2.95. The number of Topliss-reactive ketones (excluding diaryl/α,β-unsaturated/α-hetero) is 2. The lowest BCUT2D eigenvalue weighted by Gasteiger charge is -2.17. The average Bonchev–Trinajstić information content (AvgIpc) is 2.58. The largest absolute Gasteiger partial charge is 0.507 e. The van der Waals surface area contributed by atoms with Gasteiger partial charge < -0.3 is 5.11 Å². The molecule has 0 saturated heterocycles. The molecule has 0 bridgehead atoms. The molecule has 1 aromatic rings. The van der Waals surface area contributed by atoms with Gasteiger partial charge in [-0.05, 0) is 25.7 Å². The molecule has 0 radical (unpaired) electrons. The van der Waals surface area contributed by atoms with Crippen LogP contribution >= 0.6 is 0 Å². The number of ketones is 2. The highest BCUT2D eigenvalue weighted by molar-refractivity contribution is 6.52. The van der Waals surface area contributed by atoms with Crippen LogP contribution in [0.15, 0.2) is 42.5 Å². The molecular weight excluding hydrogens is 288 g/mol. The maximum atomic E-state index is 12.2. The van der Waals surface area contributed by atoms with Crippen molar-refractivity contribution in [2.75, 3.05) is 0 Å². The summed E-state index contributed by atoms with van der Waals surface area (Å²) in [6, 6.07) is 6.74. The summed E-state index contributed by atoms with van der Waals surface area (Å²) in [7, 11) is 0. The van der Waals surface area contributed by atoms with Crippen molar-refractivity contribution >= 4 is 17.3 Å². The van der Waals surface area contributed by atoms with Crippen LogP contribution < -0.4 is 0 Å². The number of carbonyl (C=O) groups excluding carboxylic acids is 2. The van der Waals surface area contributed by atoms with Gasteiger partial charge in [0.2, 0.25) is 11.6 Å². The Kier molecular flexibility index (Phi) is 6.33. The SMILES string of the molecule is C=CCCCCCCCCC1=C(O)c2ccccc2C(=O)C1=O. The van der Waals surface area contributed by atoms with E-state index in [0.717, 1.165) is 25.7 Å². The van der Waals surface area contributed by atoms with Crippen LogP contribution in [-0.4, -0.2) is 16.7 Å². The number of rotatable bonds is 9. The molecule has 0 heterocycles. The molecule has 0 spiro atoms. The molecule has 0 aliphatic heterocycles. The number of aliphatic hydroxyl groups excluding tert-OH is 1. The molecule has 1 N–H and O–H groups in total. The number of unbranched alkanes of at least 4 members (excludes halogenated alkanes) is 6. The fraction of sp³-hybridized carbons (Fsp3) is 0.400. The fourth-order valence-corrected chi connectivity index (χ4v) is 2.95. The van der Waals surface area contributed by atoms with Gasteiger partial charge in [-0.3, -0.25) is 9.59 Å². The van der Waals surface area contributed by atoms with Crippen LogP contribution in [-0.2, 0) is 4.79 Å². The first-order chi connectivity index (χ1) is 11.2. The van der Waals surface area contributed by atoms with Crippen molar-refractivity contribution in [3.63, 3.8) is 0 Å². The first kappa shape index (κ1) is 17.2. The molecule has 2 rings (SSSR count). The Morgan fingerprint density at radius 3 is 2.17 bits per heavy atom. The van der Waals surface area contributed by atoms with Gasteiger partial charge in [0, 0.05) is 16.7 Å². The highest BCUT2D eigenvalue weighted by Gasteiger charge is 2.31. The van der Waals surface area contributed by atoms with Gasteiger partial charge in [-0.1, -0.05) is 56.0 Å². The van der Waals surface area contributed by atoms with E-state index in [2.05, 4.69) is 6.58 Å². The molecule has 0 atom stereocenters. The molecule has 0 amide bonds. The number of hydrogen-bond donors (Lipinski definition) is 1. The van der Waals surface area contributed by atoms with Crippen LogP contribution in [0.1, 0.15) is 67.3 Å². The van der Waals surface area contributed by atoms with Gasteiger partial charge in [0.15, 0.2) is 0 Å². The molecular formula is C20H24O3. The van der Waals surface area contributed by atoms with E-state index in [4.69, 9.17) is 0 Å². The van der Waals surface area contributed by atoms with Crippen molar-refractivity contribution in [2.45, 2.75) is 51.4 Å². The second kappa shape index (κ2) is 8.47. The van der Waals surface area contributed by atoms with E-state index in [1.807, 2.05) is 6.08 Å². The van der Waals surface area contributed by atoms with Gasteiger partial charge in [0.1, 0.15) is 5.76 Å². The van der Waals surface area contributed by atoms with Gasteiger partial charge in [0.05, 0.1) is 0 Å². The lowest BCUT2D eigenvalue weighted by Crippen LogP contribution is -2.24. The first-order valence-corrected chi connectivity index (χ1v) is 8.38. The summed E-state index contributed by atoms with van der Waals surface area (Å²) >= 11 is 0. The van der Waals surface area contributed by atoms with E-state index in [9.17, 15) is 14.7 Å². The minimum Gasteiger partial charge on any atom is -0.507 e. The van der Waals surface area contributed by atoms with E-state index in [-0.39, 0.29) is 11.3 Å². The monoisotopic (exact) mass is 312 g/mol. The number of carbonyl (C=O) groups is 2. The maximum Gasteiger partial charge on any atom is 0.234 e. The van der Waals surface area contributed by atoms with Gasteiger partial charge >= 0.3 is 0 Å². The van der Waals surface area contributed by atoms with Crippen molar-refractivity contribution in [1.29, 1.82) is 0 Å². The van der Waals surface area contributed by atoms with Crippen molar-refractivity contribution < 1.29 is 14.7 Å². The molecule has 0 unspecified atom stereocenters. The topological polar surface area (TPSA) is 54.4 Å². The molecule has 1 aromatic carbocycles. The second-order valence-electron chi connectivity index (χ2n) is 5.98. The van der Waals surface area contributed by atoms with E-state index >= 15 is 0 Å². The summed E-state index contributed by atoms with van der Waals surface area (Å²) in [4.78, 5) is 24.3. The normalized spacial score (nSPS) is 14.1. The Labute approximate surface area is 137 Å². The Bertz CT molecular complexity index is 626. The summed E-state index contributed by atoms with van der Waals surface area (Å²) < 4.78 is 0. The van der Waals surface area contributed by atoms with E-state index < -0.39 is 11.6 Å². The average molecular weight is 312 g/mol. The van der Waals surface area contributed by atoms with E-state index in [1.165, 1.54) is 19.3 Å². The molecule has 0 saturated carbocycles. The number of aliphatic hydroxyl groups is 1. The Hall–Kier alpha value is -2.16. The zero-order chi connectivity index (χ0) is 16.7. The highest BCUT2D eigenvalue weighted by atomic mass is 16.3. The standard InChI is InChI=1S/C20H24O3/c1-2-3-4-5-6-7-8-9-14-17-18(21)15-12-10-11-13-16(15)19(22)20(17)23/h2,10-13,21H,1,3-9,14H2. The van der Waals surface area contributed by atoms with Crippen LogP contribution in [0.2, 0.25) is 0 Å². The van der Waals surface area contributed by atoms with Crippen molar-refractivity contribution in [2.24, 2.45) is 0 Å². The molecule has 122 valence electrons. The number of allylic oxidation sites excluding steroid dienone is 2. The van der Waals surface area contributed by atoms with Crippen molar-refractivity contribution in [1.82, 2.24) is 0 Å². The van der Waals surface area contributed by atoms with Crippen LogP contribution in [0.3, 0.4) is 0 Å². The van der Waals surface area contributed by atoms with Gasteiger partial charge in [-0.2, -0.15) is 0 Å². The van der Waals surface area contributed by atoms with Crippen LogP contribution in [0, 0.1) is 0 Å². The van der Waals surface area contributed by atoms with Gasteiger partial charge in [0.25, 0.3) is 0 Å². The predicted molar refractivity (Wildman–Crippen MR) is 92.5 cm³/mol. The van der Waals surface area contributed by atoms with E-state index in [0.29, 0.717) is 17.5 Å². The molecule has 3 heteroatoms. The lowest BCUT2D eigenvalue weighted by molar-refractivity contribution is -0.112. The molecule has 0 aromatic heterocycles. The maximum absolute atomic E-state index is 12.2. The van der Waals surface area contributed by atoms with E-state index in [1.54, 1.807) is 24.3 Å². The smallest absolute Gasteiger partial charge is 0.234 e. The van der Waals surface area contributed by atoms with Gasteiger partial charge in [-0.15, -0.1) is 6.58 Å². The quantitative estimate of drug-likeness (QED) is 0.395. The summed E-state index contributed by atoms with van der Waals surface area (Å²) in [5, 5.41) is 10.3. The molecule has 1 aliphatic rings. The van der Waals surface area contributed by atoms with Crippen LogP contribution in [0.25, 0.3) is 5.76 Å². The first-order valence-electron chi connectivity index (χ1n) is 8.38. The molecule has 0 fully saturated rings. The third-order valence-electron chi connectivity index (χ3n) is 4.28. The summed E-state index contributed by atoms with van der Waals surface area (Å²) in [5.74, 6) is -1.07. The third kappa shape index (κ3) is 4.19. The molecule has 3 nitrogen and oxygen atoms in total. The lowest BCUT2D eigenvalue weighted by atomic mass is 9.86. The van der Waals surface area contributed by atoms with Crippen LogP contribution in [0.5, 0.6) is 0 Å². The van der Waals surface area contributed by atoms with Crippen molar-refractivity contribution in [3.8, 4) is 0 Å². The Balaban J connectivity index is 1.88. The predicted octanol–water partition coefficient (Wildman–Crippen LogP) is 5.03. The zero-order valence-corrected chi connectivity index (χ0v) is 13.5.